The molecule has 0 bridgehead atoms. The highest BCUT2D eigenvalue weighted by atomic mass is 14.8. The Kier molecular flexibility index (Phi) is 2.73. The number of nitrogens with zero attached hydrogens (tertiary/aromatic N) is 1. The molecule has 2 aliphatic rings. The number of hydrogen-bond acceptors (Lipinski definition) is 1. The first-order valence-electron chi connectivity index (χ1n) is 7.56. The Morgan fingerprint density at radius 1 is 0.850 bits per heavy atom. The lowest BCUT2D eigenvalue weighted by Crippen LogP contribution is -2.21. The van der Waals surface area contributed by atoms with Crippen molar-refractivity contribution in [3.63, 3.8) is 0 Å². The topological polar surface area (TPSA) is 12.4 Å². The van der Waals surface area contributed by atoms with Gasteiger partial charge in [0.15, 0.2) is 0 Å². The smallest absolute Gasteiger partial charge is 0.0478 e. The summed E-state index contributed by atoms with van der Waals surface area (Å²) in [6.45, 7) is 2.24. The number of fused-ring (bicyclic) bond motifs is 3. The van der Waals surface area contributed by atoms with Gasteiger partial charge in [-0.3, -0.25) is 4.99 Å². The molecule has 0 saturated heterocycles. The third kappa shape index (κ3) is 1.73. The van der Waals surface area contributed by atoms with Crippen molar-refractivity contribution >= 4 is 5.71 Å². The molecule has 0 saturated carbocycles. The van der Waals surface area contributed by atoms with E-state index in [2.05, 4.69) is 61.5 Å². The minimum absolute atomic E-state index is 0.375. The average molecular weight is 261 g/mol. The van der Waals surface area contributed by atoms with Gasteiger partial charge in [0.2, 0.25) is 0 Å². The normalized spacial score (nSPS) is 27.6. The van der Waals surface area contributed by atoms with Crippen LogP contribution in [0.3, 0.4) is 0 Å². The van der Waals surface area contributed by atoms with Crippen LogP contribution in [-0.4, -0.2) is 11.8 Å². The van der Waals surface area contributed by atoms with E-state index in [1.54, 1.807) is 0 Å². The Bertz CT molecular complexity index is 656. The van der Waals surface area contributed by atoms with Crippen LogP contribution in [0.15, 0.2) is 59.6 Å². The van der Waals surface area contributed by atoms with Crippen molar-refractivity contribution < 1.29 is 0 Å². The summed E-state index contributed by atoms with van der Waals surface area (Å²) in [6, 6.07) is 20.2. The molecule has 20 heavy (non-hydrogen) atoms. The number of rotatable bonds is 1. The second kappa shape index (κ2) is 4.59. The van der Waals surface area contributed by atoms with E-state index in [1.807, 2.05) is 0 Å². The van der Waals surface area contributed by atoms with Crippen molar-refractivity contribution in [2.45, 2.75) is 37.6 Å². The molecule has 1 heterocycles. The Balaban J connectivity index is 1.91. The minimum Gasteiger partial charge on any atom is -0.289 e. The van der Waals surface area contributed by atoms with Gasteiger partial charge in [-0.05, 0) is 36.5 Å². The lowest BCUT2D eigenvalue weighted by atomic mass is 9.86. The quantitative estimate of drug-likeness (QED) is 0.714. The summed E-state index contributed by atoms with van der Waals surface area (Å²) in [7, 11) is 0. The molecule has 100 valence electrons. The van der Waals surface area contributed by atoms with Gasteiger partial charge in [-0.2, -0.15) is 0 Å². The zero-order valence-electron chi connectivity index (χ0n) is 11.8. The van der Waals surface area contributed by atoms with Gasteiger partial charge in [0.05, 0.1) is 0 Å². The van der Waals surface area contributed by atoms with Gasteiger partial charge in [0.1, 0.15) is 0 Å². The minimum atomic E-state index is 0.375. The van der Waals surface area contributed by atoms with Crippen LogP contribution >= 0.6 is 0 Å². The fourth-order valence-electron chi connectivity index (χ4n) is 3.80. The van der Waals surface area contributed by atoms with Crippen LogP contribution in [0.1, 0.15) is 48.3 Å². The first kappa shape index (κ1) is 11.9. The fourth-order valence-corrected chi connectivity index (χ4v) is 3.80. The van der Waals surface area contributed by atoms with Gasteiger partial charge in [0, 0.05) is 23.6 Å². The van der Waals surface area contributed by atoms with Crippen LogP contribution in [-0.2, 0) is 0 Å². The molecular formula is C19H19N. The SMILES string of the molecule is CC1CCC2C(=N1)C(c1ccccc1)c1ccccc12. The molecule has 0 spiro atoms. The number of benzene rings is 2. The standard InChI is InChI=1S/C19H19N/c1-13-11-12-17-15-9-5-6-10-16(15)18(19(17)20-13)14-7-3-2-4-8-14/h2-10,13,17-18H,11-12H2,1H3. The molecule has 2 aromatic carbocycles. The maximum absolute atomic E-state index is 5.03. The van der Waals surface area contributed by atoms with Gasteiger partial charge in [-0.15, -0.1) is 0 Å². The Morgan fingerprint density at radius 2 is 1.55 bits per heavy atom. The molecule has 1 nitrogen and oxygen atoms in total. The molecule has 0 fully saturated rings. The van der Waals surface area contributed by atoms with Crippen molar-refractivity contribution in [1.82, 2.24) is 0 Å². The Morgan fingerprint density at radius 3 is 2.35 bits per heavy atom. The monoisotopic (exact) mass is 261 g/mol. The van der Waals surface area contributed by atoms with E-state index >= 15 is 0 Å². The second-order valence-corrected chi connectivity index (χ2v) is 6.01. The first-order valence-corrected chi connectivity index (χ1v) is 7.56. The molecule has 4 rings (SSSR count). The van der Waals surface area contributed by atoms with Crippen molar-refractivity contribution in [1.29, 1.82) is 0 Å². The van der Waals surface area contributed by atoms with Crippen LogP contribution in [0, 0.1) is 0 Å². The Labute approximate surface area is 120 Å². The van der Waals surface area contributed by atoms with E-state index in [4.69, 9.17) is 4.99 Å². The molecule has 1 aliphatic heterocycles. The maximum Gasteiger partial charge on any atom is 0.0478 e. The zero-order valence-corrected chi connectivity index (χ0v) is 11.8. The fraction of sp³-hybridized carbons (Fsp3) is 0.316. The van der Waals surface area contributed by atoms with Gasteiger partial charge in [-0.1, -0.05) is 54.6 Å². The number of aliphatic imine (C=N–C) groups is 1. The van der Waals surface area contributed by atoms with E-state index in [-0.39, 0.29) is 0 Å². The zero-order chi connectivity index (χ0) is 13.5. The van der Waals surface area contributed by atoms with Crippen molar-refractivity contribution in [3.05, 3.63) is 71.3 Å². The summed E-state index contributed by atoms with van der Waals surface area (Å²) in [5.74, 6) is 0.924. The average Bonchev–Trinajstić information content (AvgIpc) is 2.81. The van der Waals surface area contributed by atoms with Crippen LogP contribution in [0.5, 0.6) is 0 Å². The molecule has 3 unspecified atom stereocenters. The van der Waals surface area contributed by atoms with E-state index in [9.17, 15) is 0 Å². The predicted octanol–water partition coefficient (Wildman–Crippen LogP) is 4.54. The van der Waals surface area contributed by atoms with Gasteiger partial charge >= 0.3 is 0 Å². The summed E-state index contributed by atoms with van der Waals surface area (Å²) in [5.41, 5.74) is 5.76. The molecule has 2 aromatic rings. The molecule has 1 aliphatic carbocycles. The third-order valence-electron chi connectivity index (χ3n) is 4.71. The summed E-state index contributed by atoms with van der Waals surface area (Å²) < 4.78 is 0. The van der Waals surface area contributed by atoms with Crippen LogP contribution < -0.4 is 0 Å². The lowest BCUT2D eigenvalue weighted by molar-refractivity contribution is 0.574. The van der Waals surface area contributed by atoms with Gasteiger partial charge in [-0.25, -0.2) is 0 Å². The molecule has 0 aromatic heterocycles. The van der Waals surface area contributed by atoms with E-state index < -0.39 is 0 Å². The highest BCUT2D eigenvalue weighted by Gasteiger charge is 2.39. The van der Waals surface area contributed by atoms with Gasteiger partial charge < -0.3 is 0 Å². The summed E-state index contributed by atoms with van der Waals surface area (Å²) in [6.07, 6.45) is 2.46. The summed E-state index contributed by atoms with van der Waals surface area (Å²) in [4.78, 5) is 5.03. The largest absolute Gasteiger partial charge is 0.289 e. The van der Waals surface area contributed by atoms with Crippen LogP contribution in [0.2, 0.25) is 0 Å². The first-order chi connectivity index (χ1) is 9.84. The van der Waals surface area contributed by atoms with Crippen LogP contribution in [0.25, 0.3) is 0 Å². The third-order valence-corrected chi connectivity index (χ3v) is 4.71. The van der Waals surface area contributed by atoms with Crippen molar-refractivity contribution in [3.8, 4) is 0 Å². The molecule has 0 radical (unpaired) electrons. The maximum atomic E-state index is 5.03. The van der Waals surface area contributed by atoms with E-state index in [0.29, 0.717) is 17.9 Å². The van der Waals surface area contributed by atoms with Crippen molar-refractivity contribution in [2.75, 3.05) is 0 Å². The van der Waals surface area contributed by atoms with E-state index in [1.165, 1.54) is 35.2 Å². The molecule has 1 heteroatoms. The molecule has 3 atom stereocenters. The highest BCUT2D eigenvalue weighted by molar-refractivity contribution is 6.03. The van der Waals surface area contributed by atoms with Crippen molar-refractivity contribution in [2.24, 2.45) is 4.99 Å². The predicted molar refractivity (Wildman–Crippen MR) is 83.6 cm³/mol. The highest BCUT2D eigenvalue weighted by Crippen LogP contribution is 2.47. The van der Waals surface area contributed by atoms with E-state index in [0.717, 1.165) is 0 Å². The molecular weight excluding hydrogens is 242 g/mol. The summed E-state index contributed by atoms with van der Waals surface area (Å²) >= 11 is 0. The van der Waals surface area contributed by atoms with Crippen LogP contribution in [0.4, 0.5) is 0 Å². The second-order valence-electron chi connectivity index (χ2n) is 6.01. The lowest BCUT2D eigenvalue weighted by Gasteiger charge is -2.24. The number of hydrogen-bond donors (Lipinski definition) is 0. The van der Waals surface area contributed by atoms with Gasteiger partial charge in [0.25, 0.3) is 0 Å². The molecule has 0 amide bonds. The molecule has 0 N–H and O–H groups in total. The Hall–Kier alpha value is -1.89. The summed E-state index contributed by atoms with van der Waals surface area (Å²) in [5, 5.41) is 0.